The van der Waals surface area contributed by atoms with Crippen LogP contribution >= 0.6 is 11.6 Å². The second-order valence-electron chi connectivity index (χ2n) is 8.38. The third kappa shape index (κ3) is 7.62. The number of carbonyl (C=O) groups is 2. The second kappa shape index (κ2) is 13.0. The molecule has 0 saturated heterocycles. The molecule has 3 rings (SSSR count). The number of nitrogens with zero attached hydrogens (tertiary/aromatic N) is 1. The molecule has 2 amide bonds. The van der Waals surface area contributed by atoms with Crippen molar-refractivity contribution >= 4 is 23.4 Å². The number of amides is 2. The summed E-state index contributed by atoms with van der Waals surface area (Å²) >= 11 is 6.18. The molecular weight excluding hydrogens is 470 g/mol. The SMILES string of the molecule is CCCCNC(=O)[C@@H](Cc1ccccc1)N(Cc1ccc(F)cc1)C(=O)Cc1c(F)cccc1Cl. The standard InChI is InChI=1S/C28H29ClF2N2O2/c1-2-3-16-32-28(35)26(17-20-8-5-4-6-9-20)33(19-21-12-14-22(30)15-13-21)27(34)18-23-24(29)10-7-11-25(23)31/h4-15,26H,2-3,16-19H2,1H3,(H,32,35)/t26-/m1/s1. The summed E-state index contributed by atoms with van der Waals surface area (Å²) in [5.74, 6) is -1.73. The number of nitrogens with one attached hydrogen (secondary N) is 1. The van der Waals surface area contributed by atoms with Crippen molar-refractivity contribution in [3.8, 4) is 0 Å². The van der Waals surface area contributed by atoms with Crippen molar-refractivity contribution in [1.82, 2.24) is 10.2 Å². The molecule has 4 nitrogen and oxygen atoms in total. The van der Waals surface area contributed by atoms with Crippen LogP contribution in [-0.4, -0.2) is 29.3 Å². The number of rotatable bonds is 11. The van der Waals surface area contributed by atoms with Crippen molar-refractivity contribution in [2.75, 3.05) is 6.54 Å². The Morgan fingerprint density at radius 2 is 1.66 bits per heavy atom. The van der Waals surface area contributed by atoms with Crippen LogP contribution in [0, 0.1) is 11.6 Å². The molecule has 0 aliphatic rings. The Labute approximate surface area is 209 Å². The molecule has 35 heavy (non-hydrogen) atoms. The molecule has 3 aromatic rings. The van der Waals surface area contributed by atoms with Crippen molar-refractivity contribution < 1.29 is 18.4 Å². The number of hydrogen-bond donors (Lipinski definition) is 1. The number of hydrogen-bond acceptors (Lipinski definition) is 2. The van der Waals surface area contributed by atoms with E-state index < -0.39 is 23.6 Å². The summed E-state index contributed by atoms with van der Waals surface area (Å²) in [5.41, 5.74) is 1.61. The van der Waals surface area contributed by atoms with Crippen molar-refractivity contribution in [2.45, 2.75) is 45.2 Å². The van der Waals surface area contributed by atoms with Gasteiger partial charge in [-0.15, -0.1) is 0 Å². The van der Waals surface area contributed by atoms with Crippen LogP contribution in [0.25, 0.3) is 0 Å². The predicted octanol–water partition coefficient (Wildman–Crippen LogP) is 5.72. The highest BCUT2D eigenvalue weighted by Crippen LogP contribution is 2.22. The Morgan fingerprint density at radius 3 is 2.31 bits per heavy atom. The molecule has 0 spiro atoms. The van der Waals surface area contributed by atoms with Gasteiger partial charge in [0.2, 0.25) is 11.8 Å². The highest BCUT2D eigenvalue weighted by atomic mass is 35.5. The number of carbonyl (C=O) groups excluding carboxylic acids is 2. The molecule has 1 atom stereocenters. The van der Waals surface area contributed by atoms with E-state index >= 15 is 0 Å². The molecule has 3 aromatic carbocycles. The van der Waals surface area contributed by atoms with Crippen LogP contribution < -0.4 is 5.32 Å². The third-order valence-corrected chi connectivity index (χ3v) is 6.11. The fraction of sp³-hybridized carbons (Fsp3) is 0.286. The Kier molecular flexibility index (Phi) is 9.79. The van der Waals surface area contributed by atoms with E-state index in [0.29, 0.717) is 12.1 Å². The molecule has 0 bridgehead atoms. The minimum atomic E-state index is -0.850. The second-order valence-corrected chi connectivity index (χ2v) is 8.78. The summed E-state index contributed by atoms with van der Waals surface area (Å²) in [6.45, 7) is 2.57. The minimum absolute atomic E-state index is 0.0594. The number of unbranched alkanes of at least 4 members (excludes halogenated alkanes) is 1. The maximum absolute atomic E-state index is 14.5. The molecule has 0 fully saturated rings. The van der Waals surface area contributed by atoms with E-state index in [1.165, 1.54) is 35.2 Å². The summed E-state index contributed by atoms with van der Waals surface area (Å²) < 4.78 is 28.0. The van der Waals surface area contributed by atoms with Gasteiger partial charge in [0.25, 0.3) is 0 Å². The zero-order valence-corrected chi connectivity index (χ0v) is 20.4. The molecule has 1 N–H and O–H groups in total. The zero-order valence-electron chi connectivity index (χ0n) is 19.6. The fourth-order valence-electron chi connectivity index (χ4n) is 3.80. The van der Waals surface area contributed by atoms with E-state index in [4.69, 9.17) is 11.6 Å². The van der Waals surface area contributed by atoms with Gasteiger partial charge in [0.1, 0.15) is 17.7 Å². The highest BCUT2D eigenvalue weighted by molar-refractivity contribution is 6.31. The van der Waals surface area contributed by atoms with Gasteiger partial charge in [-0.2, -0.15) is 0 Å². The van der Waals surface area contributed by atoms with Crippen LogP contribution in [0.1, 0.15) is 36.5 Å². The lowest BCUT2D eigenvalue weighted by molar-refractivity contribution is -0.140. The first-order chi connectivity index (χ1) is 16.9. The van der Waals surface area contributed by atoms with Crippen molar-refractivity contribution in [1.29, 1.82) is 0 Å². The Bertz CT molecular complexity index is 1100. The van der Waals surface area contributed by atoms with Gasteiger partial charge in [0.15, 0.2) is 0 Å². The Hall–Kier alpha value is -3.25. The van der Waals surface area contributed by atoms with E-state index in [0.717, 1.165) is 18.4 Å². The summed E-state index contributed by atoms with van der Waals surface area (Å²) in [5, 5.41) is 3.07. The lowest BCUT2D eigenvalue weighted by Gasteiger charge is -2.32. The number of benzene rings is 3. The molecular formula is C28H29ClF2N2O2. The van der Waals surface area contributed by atoms with Crippen LogP contribution in [0.3, 0.4) is 0 Å². The van der Waals surface area contributed by atoms with Crippen LogP contribution in [0.2, 0.25) is 5.02 Å². The molecule has 0 aliphatic carbocycles. The topological polar surface area (TPSA) is 49.4 Å². The maximum atomic E-state index is 14.5. The van der Waals surface area contributed by atoms with Gasteiger partial charge >= 0.3 is 0 Å². The number of halogens is 3. The summed E-state index contributed by atoms with van der Waals surface area (Å²) in [6, 6.07) is 18.5. The highest BCUT2D eigenvalue weighted by Gasteiger charge is 2.31. The average Bonchev–Trinajstić information content (AvgIpc) is 2.85. The third-order valence-electron chi connectivity index (χ3n) is 5.76. The lowest BCUT2D eigenvalue weighted by Crippen LogP contribution is -2.51. The molecule has 184 valence electrons. The smallest absolute Gasteiger partial charge is 0.243 e. The molecule has 0 heterocycles. The predicted molar refractivity (Wildman–Crippen MR) is 134 cm³/mol. The lowest BCUT2D eigenvalue weighted by atomic mass is 10.0. The molecule has 0 saturated carbocycles. The van der Waals surface area contributed by atoms with Gasteiger partial charge in [0, 0.05) is 30.1 Å². The van der Waals surface area contributed by atoms with E-state index in [1.54, 1.807) is 12.1 Å². The molecule has 0 unspecified atom stereocenters. The maximum Gasteiger partial charge on any atom is 0.243 e. The van der Waals surface area contributed by atoms with Gasteiger partial charge in [0.05, 0.1) is 6.42 Å². The normalized spacial score (nSPS) is 11.7. The van der Waals surface area contributed by atoms with Gasteiger partial charge in [-0.3, -0.25) is 9.59 Å². The quantitative estimate of drug-likeness (QED) is 0.344. The largest absolute Gasteiger partial charge is 0.354 e. The van der Waals surface area contributed by atoms with Crippen LogP contribution in [0.4, 0.5) is 8.78 Å². The van der Waals surface area contributed by atoms with Crippen LogP contribution in [0.5, 0.6) is 0 Å². The summed E-state index contributed by atoms with van der Waals surface area (Å²) in [4.78, 5) is 28.4. The Balaban J connectivity index is 1.97. The average molecular weight is 499 g/mol. The molecule has 0 aromatic heterocycles. The first kappa shape index (κ1) is 26.4. The van der Waals surface area contributed by atoms with Gasteiger partial charge in [-0.1, -0.05) is 73.5 Å². The summed E-state index contributed by atoms with van der Waals surface area (Å²) in [7, 11) is 0. The Morgan fingerprint density at radius 1 is 0.943 bits per heavy atom. The summed E-state index contributed by atoms with van der Waals surface area (Å²) in [6.07, 6.45) is 1.69. The van der Waals surface area contributed by atoms with Crippen LogP contribution in [0.15, 0.2) is 72.8 Å². The van der Waals surface area contributed by atoms with Crippen LogP contribution in [-0.2, 0) is 29.0 Å². The van der Waals surface area contributed by atoms with Crippen molar-refractivity contribution in [2.24, 2.45) is 0 Å². The van der Waals surface area contributed by atoms with E-state index in [1.807, 2.05) is 37.3 Å². The van der Waals surface area contributed by atoms with Crippen molar-refractivity contribution in [3.63, 3.8) is 0 Å². The molecule has 0 aliphatic heterocycles. The molecule has 7 heteroatoms. The fourth-order valence-corrected chi connectivity index (χ4v) is 4.03. The van der Waals surface area contributed by atoms with Gasteiger partial charge in [-0.25, -0.2) is 8.78 Å². The first-order valence-corrected chi connectivity index (χ1v) is 12.0. The minimum Gasteiger partial charge on any atom is -0.354 e. The van der Waals surface area contributed by atoms with E-state index in [2.05, 4.69) is 5.32 Å². The first-order valence-electron chi connectivity index (χ1n) is 11.7. The van der Waals surface area contributed by atoms with Gasteiger partial charge < -0.3 is 10.2 Å². The zero-order chi connectivity index (χ0) is 25.2. The van der Waals surface area contributed by atoms with E-state index in [-0.39, 0.29) is 35.9 Å². The monoisotopic (exact) mass is 498 g/mol. The van der Waals surface area contributed by atoms with Crippen molar-refractivity contribution in [3.05, 3.63) is 106 Å². The molecule has 0 radical (unpaired) electrons. The van der Waals surface area contributed by atoms with E-state index in [9.17, 15) is 18.4 Å². The van der Waals surface area contributed by atoms with Gasteiger partial charge in [-0.05, 0) is 41.8 Å².